The summed E-state index contributed by atoms with van der Waals surface area (Å²) in [5.74, 6) is 0. The Morgan fingerprint density at radius 2 is 2.05 bits per heavy atom. The lowest BCUT2D eigenvalue weighted by Gasteiger charge is -2.14. The molecule has 19 heavy (non-hydrogen) atoms. The highest BCUT2D eigenvalue weighted by Crippen LogP contribution is 2.11. The van der Waals surface area contributed by atoms with Crippen LogP contribution in [0.15, 0.2) is 36.5 Å². The van der Waals surface area contributed by atoms with Crippen LogP contribution in [0.3, 0.4) is 0 Å². The first-order valence-corrected chi connectivity index (χ1v) is 6.19. The Bertz CT molecular complexity index is 565. The molecule has 1 heterocycles. The van der Waals surface area contributed by atoms with Crippen LogP contribution in [0.5, 0.6) is 0 Å². The quantitative estimate of drug-likeness (QED) is 0.886. The predicted molar refractivity (Wildman–Crippen MR) is 72.5 cm³/mol. The Hall–Kier alpha value is -2.19. The third kappa shape index (κ3) is 3.63. The molecule has 0 aliphatic heterocycles. The van der Waals surface area contributed by atoms with E-state index in [1.807, 2.05) is 44.2 Å². The Labute approximate surface area is 112 Å². The second-order valence-corrected chi connectivity index (χ2v) is 5.06. The van der Waals surface area contributed by atoms with E-state index in [0.29, 0.717) is 13.1 Å². The minimum Gasteiger partial charge on any atom is -0.309 e. The summed E-state index contributed by atoms with van der Waals surface area (Å²) in [5.41, 5.74) is 1.43. The molecule has 1 aromatic carbocycles. The molecule has 0 bridgehead atoms. The van der Waals surface area contributed by atoms with Crippen molar-refractivity contribution in [2.75, 3.05) is 6.54 Å². The van der Waals surface area contributed by atoms with Crippen molar-refractivity contribution >= 4 is 0 Å². The fraction of sp³-hybridized carbons (Fsp3) is 0.357. The maximum absolute atomic E-state index is 8.92. The lowest BCUT2D eigenvalue weighted by Crippen LogP contribution is -2.27. The summed E-state index contributed by atoms with van der Waals surface area (Å²) in [6, 6.07) is 12.0. The second-order valence-electron chi connectivity index (χ2n) is 5.06. The van der Waals surface area contributed by atoms with E-state index < -0.39 is 0 Å². The monoisotopic (exact) mass is 255 g/mol. The largest absolute Gasteiger partial charge is 0.309 e. The molecule has 1 aromatic heterocycles. The number of benzene rings is 1. The zero-order chi connectivity index (χ0) is 13.7. The SMILES string of the molecule is CC(C)(C#N)CNCc1cnn(-c2ccccc2)n1. The molecule has 0 spiro atoms. The van der Waals surface area contributed by atoms with Gasteiger partial charge in [-0.15, -0.1) is 0 Å². The number of rotatable bonds is 5. The number of nitriles is 1. The first-order valence-electron chi connectivity index (χ1n) is 6.19. The molecule has 2 aromatic rings. The topological polar surface area (TPSA) is 66.5 Å². The second kappa shape index (κ2) is 5.63. The molecule has 98 valence electrons. The van der Waals surface area contributed by atoms with Crippen LogP contribution in [-0.2, 0) is 6.54 Å². The fourth-order valence-corrected chi connectivity index (χ4v) is 1.60. The number of hydrogen-bond donors (Lipinski definition) is 1. The molecule has 0 unspecified atom stereocenters. The molecule has 0 saturated carbocycles. The van der Waals surface area contributed by atoms with Crippen LogP contribution < -0.4 is 5.32 Å². The van der Waals surface area contributed by atoms with Crippen LogP contribution in [0.25, 0.3) is 5.69 Å². The van der Waals surface area contributed by atoms with Gasteiger partial charge in [-0.05, 0) is 26.0 Å². The third-order valence-corrected chi connectivity index (χ3v) is 2.70. The number of nitrogens with one attached hydrogen (secondary N) is 1. The van der Waals surface area contributed by atoms with Crippen LogP contribution in [-0.4, -0.2) is 21.5 Å². The zero-order valence-electron chi connectivity index (χ0n) is 11.2. The molecule has 0 saturated heterocycles. The minimum atomic E-state index is -0.366. The van der Waals surface area contributed by atoms with Crippen molar-refractivity contribution in [2.24, 2.45) is 5.41 Å². The zero-order valence-corrected chi connectivity index (χ0v) is 11.2. The van der Waals surface area contributed by atoms with Crippen LogP contribution in [0, 0.1) is 16.7 Å². The van der Waals surface area contributed by atoms with E-state index in [2.05, 4.69) is 21.6 Å². The molecule has 2 rings (SSSR count). The number of hydrogen-bond acceptors (Lipinski definition) is 4. The summed E-state index contributed by atoms with van der Waals surface area (Å²) in [4.78, 5) is 1.60. The first-order chi connectivity index (χ1) is 9.11. The highest BCUT2D eigenvalue weighted by molar-refractivity contribution is 5.28. The van der Waals surface area contributed by atoms with E-state index in [1.165, 1.54) is 0 Å². The van der Waals surface area contributed by atoms with Gasteiger partial charge < -0.3 is 5.32 Å². The average molecular weight is 255 g/mol. The van der Waals surface area contributed by atoms with Crippen molar-refractivity contribution in [3.05, 3.63) is 42.2 Å². The van der Waals surface area contributed by atoms with Crippen LogP contribution in [0.4, 0.5) is 0 Å². The molecule has 0 atom stereocenters. The maximum atomic E-state index is 8.92. The van der Waals surface area contributed by atoms with Crippen molar-refractivity contribution in [2.45, 2.75) is 20.4 Å². The van der Waals surface area contributed by atoms with E-state index >= 15 is 0 Å². The van der Waals surface area contributed by atoms with Gasteiger partial charge in [-0.1, -0.05) is 18.2 Å². The van der Waals surface area contributed by atoms with Gasteiger partial charge in [-0.3, -0.25) is 0 Å². The van der Waals surface area contributed by atoms with Gasteiger partial charge in [0, 0.05) is 13.1 Å². The van der Waals surface area contributed by atoms with Gasteiger partial charge in [0.05, 0.1) is 29.1 Å². The first kappa shape index (κ1) is 13.2. The molecule has 0 radical (unpaired) electrons. The highest BCUT2D eigenvalue weighted by atomic mass is 15.5. The molecule has 1 N–H and O–H groups in total. The molecule has 5 heteroatoms. The Morgan fingerprint density at radius 3 is 2.74 bits per heavy atom. The van der Waals surface area contributed by atoms with Crippen LogP contribution in [0.1, 0.15) is 19.5 Å². The molecular formula is C14H17N5. The normalized spacial score (nSPS) is 11.2. The number of para-hydroxylation sites is 1. The molecule has 0 aliphatic carbocycles. The smallest absolute Gasteiger partial charge is 0.0969 e. The van der Waals surface area contributed by atoms with Gasteiger partial charge in [-0.2, -0.15) is 20.3 Å². The van der Waals surface area contributed by atoms with Crippen molar-refractivity contribution in [3.8, 4) is 11.8 Å². The number of nitrogens with zero attached hydrogens (tertiary/aromatic N) is 4. The third-order valence-electron chi connectivity index (χ3n) is 2.70. The van der Waals surface area contributed by atoms with E-state index in [1.54, 1.807) is 11.0 Å². The summed E-state index contributed by atoms with van der Waals surface area (Å²) in [5, 5.41) is 20.7. The Kier molecular flexibility index (Phi) is 3.93. The predicted octanol–water partition coefficient (Wildman–Crippen LogP) is 1.91. The van der Waals surface area contributed by atoms with Gasteiger partial charge >= 0.3 is 0 Å². The Balaban J connectivity index is 1.94. The summed E-state index contributed by atoms with van der Waals surface area (Å²) in [6.07, 6.45) is 1.74. The number of aromatic nitrogens is 3. The average Bonchev–Trinajstić information content (AvgIpc) is 2.88. The summed E-state index contributed by atoms with van der Waals surface area (Å²) >= 11 is 0. The Morgan fingerprint density at radius 1 is 1.32 bits per heavy atom. The van der Waals surface area contributed by atoms with Gasteiger partial charge in [0.25, 0.3) is 0 Å². The maximum Gasteiger partial charge on any atom is 0.0969 e. The molecule has 5 nitrogen and oxygen atoms in total. The summed E-state index contributed by atoms with van der Waals surface area (Å²) < 4.78 is 0. The van der Waals surface area contributed by atoms with E-state index in [-0.39, 0.29) is 5.41 Å². The lowest BCUT2D eigenvalue weighted by atomic mass is 9.96. The summed E-state index contributed by atoms with van der Waals surface area (Å²) in [7, 11) is 0. The van der Waals surface area contributed by atoms with Crippen molar-refractivity contribution in [3.63, 3.8) is 0 Å². The molecule has 0 aliphatic rings. The summed E-state index contributed by atoms with van der Waals surface area (Å²) in [6.45, 7) is 5.04. The highest BCUT2D eigenvalue weighted by Gasteiger charge is 2.15. The molecular weight excluding hydrogens is 238 g/mol. The van der Waals surface area contributed by atoms with Crippen molar-refractivity contribution in [1.82, 2.24) is 20.3 Å². The van der Waals surface area contributed by atoms with Gasteiger partial charge in [-0.25, -0.2) is 0 Å². The minimum absolute atomic E-state index is 0.366. The van der Waals surface area contributed by atoms with E-state index in [0.717, 1.165) is 11.4 Å². The van der Waals surface area contributed by atoms with Gasteiger partial charge in [0.15, 0.2) is 0 Å². The fourth-order valence-electron chi connectivity index (χ4n) is 1.60. The van der Waals surface area contributed by atoms with Crippen molar-refractivity contribution in [1.29, 1.82) is 5.26 Å². The van der Waals surface area contributed by atoms with E-state index in [4.69, 9.17) is 5.26 Å². The van der Waals surface area contributed by atoms with Crippen molar-refractivity contribution < 1.29 is 0 Å². The van der Waals surface area contributed by atoms with Gasteiger partial charge in [0.1, 0.15) is 0 Å². The van der Waals surface area contributed by atoms with Crippen LogP contribution in [0.2, 0.25) is 0 Å². The molecule has 0 amide bonds. The van der Waals surface area contributed by atoms with Gasteiger partial charge in [0.2, 0.25) is 0 Å². The van der Waals surface area contributed by atoms with E-state index in [9.17, 15) is 0 Å². The van der Waals surface area contributed by atoms with Crippen LogP contribution >= 0.6 is 0 Å². The lowest BCUT2D eigenvalue weighted by molar-refractivity contribution is 0.443. The molecule has 0 fully saturated rings. The standard InChI is InChI=1S/C14H17N5/c1-14(2,10-15)11-16-8-12-9-17-19(18-12)13-6-4-3-5-7-13/h3-7,9,16H,8,11H2,1-2H3.